The van der Waals surface area contributed by atoms with Gasteiger partial charge in [0.05, 0.1) is 0 Å². The van der Waals surface area contributed by atoms with Crippen LogP contribution in [0.15, 0.2) is 24.3 Å². The van der Waals surface area contributed by atoms with Crippen LogP contribution in [-0.4, -0.2) is 11.7 Å². The Morgan fingerprint density at radius 2 is 2.10 bits per heavy atom. The molecule has 0 aliphatic carbocycles. The fourth-order valence-electron chi connectivity index (χ4n) is 0.807. The topological polar surface area (TPSA) is 46.2 Å². The molecular weight excluding hydrogens is 126 g/mol. The summed E-state index contributed by atoms with van der Waals surface area (Å²) >= 11 is 0. The molecule has 0 radical (unpaired) electrons. The number of rotatable bonds is 3. The smallest absolute Gasteiger partial charge is 0.118 e. The second-order valence-corrected chi connectivity index (χ2v) is 2.17. The lowest BCUT2D eigenvalue weighted by Crippen LogP contribution is -2.01. The van der Waals surface area contributed by atoms with E-state index in [-0.39, 0.29) is 5.75 Å². The van der Waals surface area contributed by atoms with E-state index in [0.717, 1.165) is 12.0 Å². The second kappa shape index (κ2) is 3.22. The van der Waals surface area contributed by atoms with Crippen molar-refractivity contribution in [1.29, 1.82) is 0 Å². The molecule has 3 N–H and O–H groups in total. The molecule has 0 aromatic heterocycles. The van der Waals surface area contributed by atoms with Gasteiger partial charge in [0.1, 0.15) is 7.16 Å². The van der Waals surface area contributed by atoms with Crippen LogP contribution < -0.4 is 5.73 Å². The van der Waals surface area contributed by atoms with E-state index in [1.807, 2.05) is 12.1 Å². The van der Waals surface area contributed by atoms with Gasteiger partial charge in [-0.25, -0.2) is 0 Å². The van der Waals surface area contributed by atoms with E-state index in [1.165, 1.54) is 0 Å². The third-order valence-corrected chi connectivity index (χ3v) is 1.35. The Morgan fingerprint density at radius 1 is 1.40 bits per heavy atom. The first-order valence-electron chi connectivity index (χ1n) is 3.75. The number of hydrogen-bond acceptors (Lipinski definition) is 2. The second-order valence-electron chi connectivity index (χ2n) is 2.17. The maximum atomic E-state index is 8.93. The SMILES string of the molecule is [2H]NCCc1ccc(O)cc1. The van der Waals surface area contributed by atoms with Gasteiger partial charge < -0.3 is 10.8 Å². The van der Waals surface area contributed by atoms with Gasteiger partial charge in [-0.2, -0.15) is 0 Å². The summed E-state index contributed by atoms with van der Waals surface area (Å²) in [4.78, 5) is 0. The van der Waals surface area contributed by atoms with Crippen molar-refractivity contribution < 1.29 is 6.52 Å². The van der Waals surface area contributed by atoms with Crippen molar-refractivity contribution in [3.63, 3.8) is 0 Å². The van der Waals surface area contributed by atoms with E-state index in [0.29, 0.717) is 6.54 Å². The molecule has 1 rings (SSSR count). The maximum absolute atomic E-state index is 8.93. The Balaban J connectivity index is 2.52. The van der Waals surface area contributed by atoms with Crippen molar-refractivity contribution in [2.45, 2.75) is 6.42 Å². The Bertz CT molecular complexity index is 210. The summed E-state index contributed by atoms with van der Waals surface area (Å²) in [7, 11) is 0. The molecule has 0 saturated heterocycles. The van der Waals surface area contributed by atoms with E-state index >= 15 is 0 Å². The molecule has 2 heteroatoms. The molecule has 2 nitrogen and oxygen atoms in total. The number of aromatic hydroxyl groups is 1. The van der Waals surface area contributed by atoms with Gasteiger partial charge in [-0.15, -0.1) is 0 Å². The first-order valence-corrected chi connectivity index (χ1v) is 3.25. The molecule has 0 saturated carbocycles. The quantitative estimate of drug-likeness (QED) is 0.651. The van der Waals surface area contributed by atoms with Gasteiger partial charge in [0.15, 0.2) is 0 Å². The van der Waals surface area contributed by atoms with E-state index in [4.69, 9.17) is 6.52 Å². The first kappa shape index (κ1) is 5.74. The highest BCUT2D eigenvalue weighted by atomic mass is 16.3. The van der Waals surface area contributed by atoms with Gasteiger partial charge in [-0.05, 0) is 30.7 Å². The average molecular weight is 138 g/mol. The summed E-state index contributed by atoms with van der Waals surface area (Å²) in [5, 5.41) is 8.93. The molecule has 0 aliphatic rings. The third-order valence-electron chi connectivity index (χ3n) is 1.35. The van der Waals surface area contributed by atoms with Crippen molar-refractivity contribution in [2.24, 2.45) is 5.73 Å². The lowest BCUT2D eigenvalue weighted by atomic mass is 10.1. The van der Waals surface area contributed by atoms with Crippen LogP contribution in [0.25, 0.3) is 0 Å². The van der Waals surface area contributed by atoms with Gasteiger partial charge in [-0.3, -0.25) is 0 Å². The summed E-state index contributed by atoms with van der Waals surface area (Å²) in [6, 6.07) is 7.01. The molecule has 0 heterocycles. The molecule has 0 amide bonds. The molecule has 10 heavy (non-hydrogen) atoms. The maximum Gasteiger partial charge on any atom is 0.118 e. The standard InChI is InChI=1S/C8H11NO/c9-6-5-7-1-3-8(10)4-2-7/h1-4,10H,5-6,9H2/i/hD. The minimum atomic E-state index is 0.285. The minimum Gasteiger partial charge on any atom is -0.508 e. The first-order chi connectivity index (χ1) is 5.33. The fraction of sp³-hybridized carbons (Fsp3) is 0.250. The highest BCUT2D eigenvalue weighted by Crippen LogP contribution is 2.09. The average Bonchev–Trinajstić information content (AvgIpc) is 2.04. The van der Waals surface area contributed by atoms with E-state index in [1.54, 1.807) is 12.1 Å². The molecule has 0 atom stereocenters. The lowest BCUT2D eigenvalue weighted by molar-refractivity contribution is 0.475. The summed E-state index contributed by atoms with van der Waals surface area (Å²) in [5.74, 6) is 0.285. The number of hydrogen-bond donors (Lipinski definition) is 2. The zero-order chi connectivity index (χ0) is 8.10. The molecule has 1 aromatic carbocycles. The summed E-state index contributed by atoms with van der Waals surface area (Å²) < 4.78 is 6.69. The highest BCUT2D eigenvalue weighted by molar-refractivity contribution is 5.25. The van der Waals surface area contributed by atoms with Crippen LogP contribution in [0.5, 0.6) is 5.75 Å². The van der Waals surface area contributed by atoms with Crippen LogP contribution in [0.3, 0.4) is 0 Å². The number of phenolic OH excluding ortho intramolecular Hbond substituents is 1. The van der Waals surface area contributed by atoms with E-state index in [2.05, 4.69) is 5.73 Å². The van der Waals surface area contributed by atoms with Crippen LogP contribution in [0, 0.1) is 0 Å². The third kappa shape index (κ3) is 1.74. The van der Waals surface area contributed by atoms with Gasteiger partial charge in [-0.1, -0.05) is 12.1 Å². The van der Waals surface area contributed by atoms with Gasteiger partial charge in [0, 0.05) is 0 Å². The van der Waals surface area contributed by atoms with Gasteiger partial charge in [0.2, 0.25) is 0 Å². The predicted molar refractivity (Wildman–Crippen MR) is 40.9 cm³/mol. The van der Waals surface area contributed by atoms with Crippen LogP contribution in [0.1, 0.15) is 5.56 Å². The fourth-order valence-corrected chi connectivity index (χ4v) is 0.807. The largest absolute Gasteiger partial charge is 0.508 e. The van der Waals surface area contributed by atoms with Gasteiger partial charge >= 0.3 is 0 Å². The van der Waals surface area contributed by atoms with Crippen LogP contribution >= 0.6 is 0 Å². The molecule has 0 fully saturated rings. The van der Waals surface area contributed by atoms with Crippen molar-refractivity contribution >= 4 is 0 Å². The Labute approximate surface area is 61.8 Å². The van der Waals surface area contributed by atoms with Crippen LogP contribution in [0.2, 0.25) is 1.41 Å². The van der Waals surface area contributed by atoms with Crippen LogP contribution in [0.4, 0.5) is 0 Å². The number of phenols is 1. The molecule has 54 valence electrons. The van der Waals surface area contributed by atoms with E-state index in [9.17, 15) is 0 Å². The van der Waals surface area contributed by atoms with Crippen molar-refractivity contribution in [3.05, 3.63) is 29.8 Å². The van der Waals surface area contributed by atoms with Crippen LogP contribution in [-0.2, 0) is 6.42 Å². The van der Waals surface area contributed by atoms with Crippen molar-refractivity contribution in [1.82, 2.24) is 0 Å². The Morgan fingerprint density at radius 3 is 2.70 bits per heavy atom. The molecule has 0 aliphatic heterocycles. The molecule has 1 aromatic rings. The zero-order valence-corrected chi connectivity index (χ0v) is 5.67. The van der Waals surface area contributed by atoms with Gasteiger partial charge in [0.25, 0.3) is 0 Å². The minimum absolute atomic E-state index is 0.285. The summed E-state index contributed by atoms with van der Waals surface area (Å²) in [5.41, 5.74) is 3.45. The monoisotopic (exact) mass is 138 g/mol. The number of benzene rings is 1. The molecular formula is C8H11NO. The normalized spacial score (nSPS) is 11.0. The summed E-state index contributed by atoms with van der Waals surface area (Å²) in [6.07, 6.45) is 0.823. The van der Waals surface area contributed by atoms with Crippen molar-refractivity contribution in [2.75, 3.05) is 6.54 Å². The Kier molecular flexibility index (Phi) is 1.85. The predicted octanol–water partition coefficient (Wildman–Crippen LogP) is 0.893. The zero-order valence-electron chi connectivity index (χ0n) is 6.67. The molecule has 0 bridgehead atoms. The number of nitrogens with two attached hydrogens (primary N) is 1. The molecule has 0 spiro atoms. The van der Waals surface area contributed by atoms with E-state index < -0.39 is 0 Å². The Hall–Kier alpha value is -1.02. The summed E-state index contributed by atoms with van der Waals surface area (Å²) in [6.45, 7) is 0.644. The highest BCUT2D eigenvalue weighted by Gasteiger charge is 1.89. The van der Waals surface area contributed by atoms with Crippen molar-refractivity contribution in [3.8, 4) is 5.75 Å². The lowest BCUT2D eigenvalue weighted by Gasteiger charge is -1.96. The molecule has 0 unspecified atom stereocenters.